The SMILES string of the molecule is COCc1ccccc1CNc1ncc([N+](=O)[O-])cn1. The fraction of sp³-hybridized carbons (Fsp3) is 0.231. The highest BCUT2D eigenvalue weighted by molar-refractivity contribution is 5.34. The number of hydrogen-bond acceptors (Lipinski definition) is 6. The van der Waals surface area contributed by atoms with Gasteiger partial charge in [-0.2, -0.15) is 0 Å². The summed E-state index contributed by atoms with van der Waals surface area (Å²) in [5.74, 6) is 0.350. The van der Waals surface area contributed by atoms with Gasteiger partial charge in [0.2, 0.25) is 5.95 Å². The van der Waals surface area contributed by atoms with E-state index in [1.54, 1.807) is 7.11 Å². The predicted molar refractivity (Wildman–Crippen MR) is 73.2 cm³/mol. The van der Waals surface area contributed by atoms with E-state index in [1.807, 2.05) is 24.3 Å². The van der Waals surface area contributed by atoms with Crippen LogP contribution < -0.4 is 5.32 Å². The average Bonchev–Trinajstić information content (AvgIpc) is 2.47. The van der Waals surface area contributed by atoms with E-state index in [0.29, 0.717) is 19.1 Å². The van der Waals surface area contributed by atoms with Gasteiger partial charge in [-0.25, -0.2) is 9.97 Å². The maximum atomic E-state index is 10.5. The van der Waals surface area contributed by atoms with Crippen LogP contribution in [0.2, 0.25) is 0 Å². The molecule has 2 aromatic rings. The van der Waals surface area contributed by atoms with Crippen molar-refractivity contribution in [3.8, 4) is 0 Å². The summed E-state index contributed by atoms with van der Waals surface area (Å²) >= 11 is 0. The third kappa shape index (κ3) is 3.48. The van der Waals surface area contributed by atoms with Gasteiger partial charge in [0.1, 0.15) is 12.4 Å². The Morgan fingerprint density at radius 3 is 2.50 bits per heavy atom. The highest BCUT2D eigenvalue weighted by Crippen LogP contribution is 2.13. The number of aromatic nitrogens is 2. The van der Waals surface area contributed by atoms with E-state index in [1.165, 1.54) is 12.4 Å². The molecule has 0 saturated heterocycles. The van der Waals surface area contributed by atoms with Gasteiger partial charge in [-0.3, -0.25) is 10.1 Å². The molecule has 104 valence electrons. The lowest BCUT2D eigenvalue weighted by molar-refractivity contribution is -0.385. The summed E-state index contributed by atoms with van der Waals surface area (Å²) in [6.45, 7) is 1.05. The second-order valence-electron chi connectivity index (χ2n) is 4.08. The van der Waals surface area contributed by atoms with Crippen LogP contribution in [-0.2, 0) is 17.9 Å². The number of methoxy groups -OCH3 is 1. The van der Waals surface area contributed by atoms with E-state index >= 15 is 0 Å². The van der Waals surface area contributed by atoms with Crippen LogP contribution >= 0.6 is 0 Å². The van der Waals surface area contributed by atoms with Crippen molar-refractivity contribution in [1.29, 1.82) is 0 Å². The first-order valence-corrected chi connectivity index (χ1v) is 5.96. The molecule has 0 saturated carbocycles. The van der Waals surface area contributed by atoms with E-state index in [9.17, 15) is 10.1 Å². The normalized spacial score (nSPS) is 10.2. The highest BCUT2D eigenvalue weighted by Gasteiger charge is 2.07. The lowest BCUT2D eigenvalue weighted by atomic mass is 10.1. The van der Waals surface area contributed by atoms with Gasteiger partial charge in [-0.1, -0.05) is 24.3 Å². The van der Waals surface area contributed by atoms with Gasteiger partial charge in [0.05, 0.1) is 11.5 Å². The molecule has 0 atom stereocenters. The zero-order chi connectivity index (χ0) is 14.4. The van der Waals surface area contributed by atoms with Gasteiger partial charge in [-0.15, -0.1) is 0 Å². The monoisotopic (exact) mass is 274 g/mol. The molecule has 7 heteroatoms. The fourth-order valence-electron chi connectivity index (χ4n) is 1.71. The molecule has 0 radical (unpaired) electrons. The molecule has 0 aliphatic rings. The van der Waals surface area contributed by atoms with Crippen LogP contribution in [0.15, 0.2) is 36.7 Å². The molecule has 0 unspecified atom stereocenters. The molecule has 7 nitrogen and oxygen atoms in total. The summed E-state index contributed by atoms with van der Waals surface area (Å²) < 4.78 is 5.13. The van der Waals surface area contributed by atoms with E-state index < -0.39 is 4.92 Å². The Balaban J connectivity index is 2.03. The van der Waals surface area contributed by atoms with Crippen LogP contribution in [0.3, 0.4) is 0 Å². The first kappa shape index (κ1) is 13.9. The van der Waals surface area contributed by atoms with Crippen LogP contribution in [0.5, 0.6) is 0 Å². The standard InChI is InChI=1S/C13H14N4O3/c1-20-9-11-5-3-2-4-10(11)6-14-13-15-7-12(8-16-13)17(18)19/h2-5,7-8H,6,9H2,1H3,(H,14,15,16). The zero-order valence-corrected chi connectivity index (χ0v) is 10.9. The Hall–Kier alpha value is -2.54. The molecule has 20 heavy (non-hydrogen) atoms. The Labute approximate surface area is 115 Å². The van der Waals surface area contributed by atoms with Gasteiger partial charge < -0.3 is 10.1 Å². The van der Waals surface area contributed by atoms with Crippen molar-refractivity contribution in [3.63, 3.8) is 0 Å². The van der Waals surface area contributed by atoms with Gasteiger partial charge >= 0.3 is 5.69 Å². The summed E-state index contributed by atoms with van der Waals surface area (Å²) in [6.07, 6.45) is 2.35. The molecule has 0 aliphatic heterocycles. The van der Waals surface area contributed by atoms with Crippen molar-refractivity contribution in [2.24, 2.45) is 0 Å². The number of hydrogen-bond donors (Lipinski definition) is 1. The Kier molecular flexibility index (Phi) is 4.56. The maximum Gasteiger partial charge on any atom is 0.305 e. The minimum absolute atomic E-state index is 0.129. The molecule has 1 N–H and O–H groups in total. The van der Waals surface area contributed by atoms with Crippen LogP contribution in [0, 0.1) is 10.1 Å². The van der Waals surface area contributed by atoms with Crippen LogP contribution in [0.25, 0.3) is 0 Å². The molecule has 1 aromatic carbocycles. The number of anilines is 1. The number of nitro groups is 1. The number of nitrogens with zero attached hydrogens (tertiary/aromatic N) is 3. The summed E-state index contributed by atoms with van der Waals surface area (Å²) in [7, 11) is 1.64. The molecule has 1 aromatic heterocycles. The molecular formula is C13H14N4O3. The number of benzene rings is 1. The van der Waals surface area contributed by atoms with Crippen molar-refractivity contribution in [2.75, 3.05) is 12.4 Å². The van der Waals surface area contributed by atoms with Crippen LogP contribution in [0.4, 0.5) is 11.6 Å². The summed E-state index contributed by atoms with van der Waals surface area (Å²) in [6, 6.07) is 7.84. The summed E-state index contributed by atoms with van der Waals surface area (Å²) in [5.41, 5.74) is 2.01. The molecule has 1 heterocycles. The Morgan fingerprint density at radius 1 is 1.25 bits per heavy atom. The third-order valence-electron chi connectivity index (χ3n) is 2.70. The largest absolute Gasteiger partial charge is 0.380 e. The maximum absolute atomic E-state index is 10.5. The van der Waals surface area contributed by atoms with E-state index in [-0.39, 0.29) is 5.69 Å². The van der Waals surface area contributed by atoms with E-state index in [2.05, 4.69) is 15.3 Å². The third-order valence-corrected chi connectivity index (χ3v) is 2.70. The van der Waals surface area contributed by atoms with E-state index in [4.69, 9.17) is 4.74 Å². The molecule has 0 aliphatic carbocycles. The van der Waals surface area contributed by atoms with Crippen molar-refractivity contribution in [3.05, 3.63) is 57.9 Å². The minimum Gasteiger partial charge on any atom is -0.380 e. The molecule has 0 spiro atoms. The smallest absolute Gasteiger partial charge is 0.305 e. The lowest BCUT2D eigenvalue weighted by Gasteiger charge is -2.09. The average molecular weight is 274 g/mol. The van der Waals surface area contributed by atoms with Crippen molar-refractivity contribution < 1.29 is 9.66 Å². The van der Waals surface area contributed by atoms with Crippen molar-refractivity contribution in [2.45, 2.75) is 13.2 Å². The fourth-order valence-corrected chi connectivity index (χ4v) is 1.71. The number of ether oxygens (including phenoxy) is 1. The van der Waals surface area contributed by atoms with Crippen molar-refractivity contribution in [1.82, 2.24) is 9.97 Å². The number of rotatable bonds is 6. The van der Waals surface area contributed by atoms with Crippen LogP contribution in [0.1, 0.15) is 11.1 Å². The first-order chi connectivity index (χ1) is 9.70. The topological polar surface area (TPSA) is 90.2 Å². The van der Waals surface area contributed by atoms with Gasteiger partial charge in [-0.05, 0) is 11.1 Å². The Bertz CT molecular complexity index is 586. The second kappa shape index (κ2) is 6.58. The van der Waals surface area contributed by atoms with Gasteiger partial charge in [0, 0.05) is 13.7 Å². The summed E-state index contributed by atoms with van der Waals surface area (Å²) in [5, 5.41) is 13.5. The molecule has 0 amide bonds. The highest BCUT2D eigenvalue weighted by atomic mass is 16.6. The van der Waals surface area contributed by atoms with Crippen molar-refractivity contribution >= 4 is 11.6 Å². The predicted octanol–water partition coefficient (Wildman–Crippen LogP) is 2.14. The number of nitrogens with one attached hydrogen (secondary N) is 1. The molecule has 0 bridgehead atoms. The van der Waals surface area contributed by atoms with Gasteiger partial charge in [0.25, 0.3) is 0 Å². The van der Waals surface area contributed by atoms with Gasteiger partial charge in [0.15, 0.2) is 0 Å². The van der Waals surface area contributed by atoms with Crippen LogP contribution in [-0.4, -0.2) is 22.0 Å². The molecule has 0 fully saturated rings. The quantitative estimate of drug-likeness (QED) is 0.641. The summed E-state index contributed by atoms with van der Waals surface area (Å²) in [4.78, 5) is 17.8. The van der Waals surface area contributed by atoms with E-state index in [0.717, 1.165) is 11.1 Å². The molecular weight excluding hydrogens is 260 g/mol. The Morgan fingerprint density at radius 2 is 1.90 bits per heavy atom. The lowest BCUT2D eigenvalue weighted by Crippen LogP contribution is -2.06. The first-order valence-electron chi connectivity index (χ1n) is 5.96. The minimum atomic E-state index is -0.530. The second-order valence-corrected chi connectivity index (χ2v) is 4.08. The zero-order valence-electron chi connectivity index (χ0n) is 10.9. The molecule has 2 rings (SSSR count).